The van der Waals surface area contributed by atoms with Gasteiger partial charge in [-0.1, -0.05) is 13.8 Å². The molecule has 0 radical (unpaired) electrons. The Balaban J connectivity index is 1.58. The van der Waals surface area contributed by atoms with Crippen LogP contribution >= 0.6 is 0 Å². The molecule has 28 heavy (non-hydrogen) atoms. The van der Waals surface area contributed by atoms with E-state index in [9.17, 15) is 14.4 Å². The summed E-state index contributed by atoms with van der Waals surface area (Å²) in [6.45, 7) is 7.58. The van der Waals surface area contributed by atoms with E-state index >= 15 is 0 Å². The number of ketones is 1. The minimum atomic E-state index is -0.566. The van der Waals surface area contributed by atoms with Crippen LogP contribution in [0.3, 0.4) is 0 Å². The SMILES string of the molecule is CC(=O)O[C@H]1CC[C@H]2[C@@H]3CC[C@H]4CC(=O)[C@H](OC(C)=O)C[C@]4(C)[C@H]3CC[C@]12C. The number of rotatable bonds is 2. The molecule has 0 aliphatic heterocycles. The van der Waals surface area contributed by atoms with E-state index in [1.54, 1.807) is 0 Å². The largest absolute Gasteiger partial charge is 0.462 e. The lowest BCUT2D eigenvalue weighted by Crippen LogP contribution is -2.56. The van der Waals surface area contributed by atoms with Gasteiger partial charge in [0.2, 0.25) is 0 Å². The monoisotopic (exact) mass is 390 g/mol. The van der Waals surface area contributed by atoms with E-state index in [1.165, 1.54) is 20.3 Å². The number of Topliss-reactive ketones (excluding diaryl/α,β-unsaturated/α-hetero) is 1. The molecule has 0 N–H and O–H groups in total. The van der Waals surface area contributed by atoms with Crippen molar-refractivity contribution in [1.29, 1.82) is 0 Å². The summed E-state index contributed by atoms with van der Waals surface area (Å²) in [5.41, 5.74) is 0.133. The number of carbonyl (C=O) groups is 3. The fraction of sp³-hybridized carbons (Fsp3) is 0.870. The number of carbonyl (C=O) groups excluding carboxylic acids is 3. The van der Waals surface area contributed by atoms with Crippen molar-refractivity contribution in [3.63, 3.8) is 0 Å². The average molecular weight is 391 g/mol. The van der Waals surface area contributed by atoms with E-state index in [-0.39, 0.29) is 34.7 Å². The van der Waals surface area contributed by atoms with Gasteiger partial charge in [-0.25, -0.2) is 0 Å². The summed E-state index contributed by atoms with van der Waals surface area (Å²) >= 11 is 0. The molecule has 156 valence electrons. The van der Waals surface area contributed by atoms with E-state index < -0.39 is 6.10 Å². The van der Waals surface area contributed by atoms with Crippen LogP contribution in [0.1, 0.15) is 79.1 Å². The van der Waals surface area contributed by atoms with Crippen molar-refractivity contribution in [2.45, 2.75) is 91.3 Å². The Kier molecular flexibility index (Phi) is 4.86. The number of fused-ring (bicyclic) bond motifs is 5. The van der Waals surface area contributed by atoms with E-state index in [2.05, 4.69) is 13.8 Å². The standard InChI is InChI=1S/C23H34O5/c1-13(24)27-20-12-23(4)15(11-19(20)26)5-6-16-17-7-8-21(28-14(2)25)22(17,3)10-9-18(16)23/h15-18,20-21H,5-12H2,1-4H3/t15-,16-,17-,18-,20+,21-,22-,23-/m0/s1. The molecule has 0 aromatic rings. The Hall–Kier alpha value is -1.39. The Morgan fingerprint density at radius 1 is 0.893 bits per heavy atom. The average Bonchev–Trinajstić information content (AvgIpc) is 2.92. The van der Waals surface area contributed by atoms with Gasteiger partial charge < -0.3 is 9.47 Å². The summed E-state index contributed by atoms with van der Waals surface area (Å²) in [6.07, 6.45) is 7.25. The number of esters is 2. The highest BCUT2D eigenvalue weighted by Crippen LogP contribution is 2.66. The van der Waals surface area contributed by atoms with Gasteiger partial charge in [-0.15, -0.1) is 0 Å². The summed E-state index contributed by atoms with van der Waals surface area (Å²) in [5.74, 6) is 1.75. The second-order valence-corrected chi connectivity index (χ2v) is 10.3. The van der Waals surface area contributed by atoms with Gasteiger partial charge in [0.1, 0.15) is 6.10 Å². The van der Waals surface area contributed by atoms with Gasteiger partial charge in [-0.2, -0.15) is 0 Å². The maximum atomic E-state index is 12.5. The molecular formula is C23H34O5. The molecule has 0 bridgehead atoms. The first-order valence-electron chi connectivity index (χ1n) is 11.0. The molecule has 4 rings (SSSR count). The van der Waals surface area contributed by atoms with Gasteiger partial charge in [0.25, 0.3) is 0 Å². The summed E-state index contributed by atoms with van der Waals surface area (Å²) in [6, 6.07) is 0. The quantitative estimate of drug-likeness (QED) is 0.665. The first-order valence-corrected chi connectivity index (χ1v) is 11.0. The van der Waals surface area contributed by atoms with Crippen molar-refractivity contribution < 1.29 is 23.9 Å². The van der Waals surface area contributed by atoms with Crippen molar-refractivity contribution in [3.8, 4) is 0 Å². The summed E-state index contributed by atoms with van der Waals surface area (Å²) in [7, 11) is 0. The third-order valence-corrected chi connectivity index (χ3v) is 9.03. The van der Waals surface area contributed by atoms with Gasteiger partial charge in [0.05, 0.1) is 0 Å². The topological polar surface area (TPSA) is 69.7 Å². The van der Waals surface area contributed by atoms with Crippen LogP contribution in [0, 0.1) is 34.5 Å². The highest BCUT2D eigenvalue weighted by Gasteiger charge is 2.62. The number of ether oxygens (including phenoxy) is 2. The molecule has 4 aliphatic carbocycles. The molecule has 0 spiro atoms. The third kappa shape index (κ3) is 3.00. The molecule has 0 unspecified atom stereocenters. The molecule has 5 heteroatoms. The van der Waals surface area contributed by atoms with Crippen molar-refractivity contribution >= 4 is 17.7 Å². The smallest absolute Gasteiger partial charge is 0.303 e. The van der Waals surface area contributed by atoms with Crippen LogP contribution in [-0.2, 0) is 23.9 Å². The molecular weight excluding hydrogens is 356 g/mol. The molecule has 0 heterocycles. The zero-order valence-corrected chi connectivity index (χ0v) is 17.7. The third-order valence-electron chi connectivity index (χ3n) is 9.03. The van der Waals surface area contributed by atoms with Crippen LogP contribution in [0.15, 0.2) is 0 Å². The van der Waals surface area contributed by atoms with Crippen LogP contribution in [0.5, 0.6) is 0 Å². The van der Waals surface area contributed by atoms with Crippen molar-refractivity contribution in [2.24, 2.45) is 34.5 Å². The molecule has 0 aromatic heterocycles. The fourth-order valence-corrected chi connectivity index (χ4v) is 7.73. The van der Waals surface area contributed by atoms with E-state index in [0.717, 1.165) is 32.1 Å². The lowest BCUT2D eigenvalue weighted by atomic mass is 9.45. The molecule has 5 nitrogen and oxygen atoms in total. The minimum absolute atomic E-state index is 0.0446. The van der Waals surface area contributed by atoms with E-state index in [0.29, 0.717) is 36.5 Å². The number of hydrogen-bond donors (Lipinski definition) is 0. The normalized spacial score (nSPS) is 47.5. The molecule has 0 saturated heterocycles. The van der Waals surface area contributed by atoms with Crippen molar-refractivity contribution in [2.75, 3.05) is 0 Å². The van der Waals surface area contributed by atoms with Gasteiger partial charge >= 0.3 is 11.9 Å². The lowest BCUT2D eigenvalue weighted by Gasteiger charge is -2.60. The van der Waals surface area contributed by atoms with E-state index in [4.69, 9.17) is 9.47 Å². The molecule has 0 amide bonds. The number of hydrogen-bond acceptors (Lipinski definition) is 5. The molecule has 4 fully saturated rings. The second kappa shape index (κ2) is 6.84. The Labute approximate surface area is 167 Å². The molecule has 8 atom stereocenters. The highest BCUT2D eigenvalue weighted by atomic mass is 16.5. The zero-order valence-electron chi connectivity index (χ0n) is 17.7. The van der Waals surface area contributed by atoms with Gasteiger partial charge in [-0.3, -0.25) is 14.4 Å². The zero-order chi connectivity index (χ0) is 20.3. The Morgan fingerprint density at radius 3 is 2.25 bits per heavy atom. The highest BCUT2D eigenvalue weighted by molar-refractivity contribution is 5.86. The predicted molar refractivity (Wildman–Crippen MR) is 103 cm³/mol. The van der Waals surface area contributed by atoms with Crippen LogP contribution < -0.4 is 0 Å². The minimum Gasteiger partial charge on any atom is -0.462 e. The Bertz CT molecular complexity index is 686. The van der Waals surface area contributed by atoms with Crippen LogP contribution in [0.2, 0.25) is 0 Å². The first-order chi connectivity index (χ1) is 13.1. The molecule has 0 aromatic carbocycles. The summed E-state index contributed by atoms with van der Waals surface area (Å²) in [4.78, 5) is 35.6. The van der Waals surface area contributed by atoms with Crippen LogP contribution in [0.4, 0.5) is 0 Å². The molecule has 4 saturated carbocycles. The van der Waals surface area contributed by atoms with Crippen LogP contribution in [0.25, 0.3) is 0 Å². The summed E-state index contributed by atoms with van der Waals surface area (Å²) < 4.78 is 11.1. The van der Waals surface area contributed by atoms with E-state index in [1.807, 2.05) is 0 Å². The van der Waals surface area contributed by atoms with Crippen molar-refractivity contribution in [1.82, 2.24) is 0 Å². The maximum Gasteiger partial charge on any atom is 0.303 e. The second-order valence-electron chi connectivity index (χ2n) is 10.3. The van der Waals surface area contributed by atoms with Gasteiger partial charge in [0.15, 0.2) is 11.9 Å². The van der Waals surface area contributed by atoms with Crippen molar-refractivity contribution in [3.05, 3.63) is 0 Å². The predicted octanol–water partition coefficient (Wildman–Crippen LogP) is 4.07. The fourth-order valence-electron chi connectivity index (χ4n) is 7.73. The Morgan fingerprint density at radius 2 is 1.57 bits per heavy atom. The molecule has 4 aliphatic rings. The van der Waals surface area contributed by atoms with Crippen LogP contribution in [-0.4, -0.2) is 29.9 Å². The lowest BCUT2D eigenvalue weighted by molar-refractivity contribution is -0.175. The van der Waals surface area contributed by atoms with Gasteiger partial charge in [-0.05, 0) is 74.0 Å². The summed E-state index contributed by atoms with van der Waals surface area (Å²) in [5, 5.41) is 0. The van der Waals surface area contributed by atoms with Gasteiger partial charge in [0, 0.05) is 25.7 Å². The first kappa shape index (κ1) is 19.9. The maximum absolute atomic E-state index is 12.5.